The first kappa shape index (κ1) is 14.8. The van der Waals surface area contributed by atoms with Crippen LogP contribution in [-0.4, -0.2) is 16.1 Å². The Labute approximate surface area is 134 Å². The fourth-order valence-electron chi connectivity index (χ4n) is 2.57. The van der Waals surface area contributed by atoms with E-state index in [0.717, 1.165) is 32.2 Å². The number of fused-ring (bicyclic) bond motifs is 1. The van der Waals surface area contributed by atoms with Crippen molar-refractivity contribution in [3.8, 4) is 11.3 Å². The zero-order chi connectivity index (χ0) is 15.7. The van der Waals surface area contributed by atoms with Gasteiger partial charge in [-0.15, -0.1) is 0 Å². The maximum Gasteiger partial charge on any atom is 0.303 e. The van der Waals surface area contributed by atoms with Gasteiger partial charge in [0.1, 0.15) is 5.82 Å². The number of benzene rings is 2. The number of aryl methyl sites for hydroxylation is 1. The molecule has 3 nitrogen and oxygen atoms in total. The summed E-state index contributed by atoms with van der Waals surface area (Å²) in [7, 11) is 0. The van der Waals surface area contributed by atoms with Crippen LogP contribution < -0.4 is 0 Å². The van der Waals surface area contributed by atoms with Crippen molar-refractivity contribution in [2.45, 2.75) is 12.8 Å². The van der Waals surface area contributed by atoms with Gasteiger partial charge in [0.05, 0.1) is 0 Å². The van der Waals surface area contributed by atoms with Gasteiger partial charge in [-0.2, -0.15) is 0 Å². The lowest BCUT2D eigenvalue weighted by atomic mass is 10.0. The van der Waals surface area contributed by atoms with Gasteiger partial charge in [-0.3, -0.25) is 4.79 Å². The van der Waals surface area contributed by atoms with E-state index in [1.54, 1.807) is 6.07 Å². The molecule has 0 unspecified atom stereocenters. The molecular formula is C17H13BrFNO2. The van der Waals surface area contributed by atoms with Gasteiger partial charge in [0.2, 0.25) is 0 Å². The molecular weight excluding hydrogens is 349 g/mol. The van der Waals surface area contributed by atoms with E-state index in [1.807, 2.05) is 24.3 Å². The molecule has 3 rings (SSSR count). The van der Waals surface area contributed by atoms with Gasteiger partial charge in [-0.05, 0) is 47.9 Å². The number of aliphatic carboxylic acids is 1. The normalized spacial score (nSPS) is 11.0. The molecule has 0 aliphatic carbocycles. The molecule has 0 aliphatic rings. The van der Waals surface area contributed by atoms with Crippen LogP contribution in [0.5, 0.6) is 0 Å². The van der Waals surface area contributed by atoms with Crippen LogP contribution in [0.4, 0.5) is 4.39 Å². The van der Waals surface area contributed by atoms with E-state index < -0.39 is 5.97 Å². The minimum atomic E-state index is -0.868. The fourth-order valence-corrected chi connectivity index (χ4v) is 2.84. The molecule has 0 saturated heterocycles. The minimum Gasteiger partial charge on any atom is -0.481 e. The number of carbonyl (C=O) groups is 1. The second kappa shape index (κ2) is 5.93. The molecule has 2 N–H and O–H groups in total. The summed E-state index contributed by atoms with van der Waals surface area (Å²) < 4.78 is 14.5. The summed E-state index contributed by atoms with van der Waals surface area (Å²) in [5.41, 5.74) is 3.42. The third-order valence-electron chi connectivity index (χ3n) is 3.59. The molecule has 0 aliphatic heterocycles. The quantitative estimate of drug-likeness (QED) is 0.704. The average Bonchev–Trinajstić information content (AvgIpc) is 2.83. The Kier molecular flexibility index (Phi) is 3.98. The number of aromatic amines is 1. The van der Waals surface area contributed by atoms with Gasteiger partial charge in [-0.25, -0.2) is 4.39 Å². The van der Waals surface area contributed by atoms with Crippen molar-refractivity contribution in [3.63, 3.8) is 0 Å². The van der Waals surface area contributed by atoms with Gasteiger partial charge < -0.3 is 10.1 Å². The molecule has 0 bridgehead atoms. The summed E-state index contributed by atoms with van der Waals surface area (Å²) in [5.74, 6) is -1.20. The second-order valence-corrected chi connectivity index (χ2v) is 5.98. The fraction of sp³-hybridized carbons (Fsp3) is 0.118. The first-order valence-corrected chi connectivity index (χ1v) is 7.62. The number of aromatic nitrogens is 1. The van der Waals surface area contributed by atoms with Gasteiger partial charge in [0.25, 0.3) is 0 Å². The van der Waals surface area contributed by atoms with Crippen molar-refractivity contribution in [1.29, 1.82) is 0 Å². The lowest BCUT2D eigenvalue weighted by Crippen LogP contribution is -1.98. The highest BCUT2D eigenvalue weighted by Gasteiger charge is 2.15. The molecule has 22 heavy (non-hydrogen) atoms. The number of hydrogen-bond donors (Lipinski definition) is 2. The van der Waals surface area contributed by atoms with Crippen LogP contribution in [0, 0.1) is 5.82 Å². The minimum absolute atomic E-state index is 0.00694. The predicted molar refractivity (Wildman–Crippen MR) is 87.3 cm³/mol. The van der Waals surface area contributed by atoms with Crippen molar-refractivity contribution in [2.24, 2.45) is 0 Å². The SMILES string of the molecule is O=C(O)CCc1c(-c2ccc(Br)cc2)[nH]c2ccc(F)cc12. The monoisotopic (exact) mass is 361 g/mol. The Morgan fingerprint density at radius 3 is 2.59 bits per heavy atom. The van der Waals surface area contributed by atoms with Gasteiger partial charge >= 0.3 is 5.97 Å². The second-order valence-electron chi connectivity index (χ2n) is 5.07. The highest BCUT2D eigenvalue weighted by Crippen LogP contribution is 2.32. The summed E-state index contributed by atoms with van der Waals surface area (Å²) in [5, 5.41) is 9.68. The van der Waals surface area contributed by atoms with Crippen LogP contribution in [-0.2, 0) is 11.2 Å². The largest absolute Gasteiger partial charge is 0.481 e. The Morgan fingerprint density at radius 2 is 1.91 bits per heavy atom. The van der Waals surface area contributed by atoms with Crippen LogP contribution in [0.2, 0.25) is 0 Å². The lowest BCUT2D eigenvalue weighted by molar-refractivity contribution is -0.136. The number of H-pyrrole nitrogens is 1. The number of carboxylic acid groups (broad SMARTS) is 1. The first-order valence-electron chi connectivity index (χ1n) is 6.82. The Bertz CT molecular complexity index is 840. The molecule has 0 saturated carbocycles. The van der Waals surface area contributed by atoms with Crippen molar-refractivity contribution < 1.29 is 14.3 Å². The van der Waals surface area contributed by atoms with Crippen LogP contribution in [0.25, 0.3) is 22.2 Å². The predicted octanol–water partition coefficient (Wildman–Crippen LogP) is 4.75. The molecule has 0 amide bonds. The molecule has 112 valence electrons. The molecule has 3 aromatic rings. The lowest BCUT2D eigenvalue weighted by Gasteiger charge is -2.04. The highest BCUT2D eigenvalue weighted by atomic mass is 79.9. The first-order chi connectivity index (χ1) is 10.5. The Balaban J connectivity index is 2.16. The average molecular weight is 362 g/mol. The van der Waals surface area contributed by atoms with E-state index >= 15 is 0 Å². The zero-order valence-electron chi connectivity index (χ0n) is 11.6. The number of hydrogen-bond acceptors (Lipinski definition) is 1. The van der Waals surface area contributed by atoms with Crippen molar-refractivity contribution >= 4 is 32.8 Å². The Morgan fingerprint density at radius 1 is 1.18 bits per heavy atom. The van der Waals surface area contributed by atoms with Crippen molar-refractivity contribution in [1.82, 2.24) is 4.98 Å². The molecule has 1 aromatic heterocycles. The highest BCUT2D eigenvalue weighted by molar-refractivity contribution is 9.10. The summed E-state index contributed by atoms with van der Waals surface area (Å²) >= 11 is 3.39. The van der Waals surface area contributed by atoms with E-state index in [9.17, 15) is 9.18 Å². The molecule has 5 heteroatoms. The van der Waals surface area contributed by atoms with Crippen LogP contribution >= 0.6 is 15.9 Å². The number of carboxylic acids is 1. The van der Waals surface area contributed by atoms with Crippen LogP contribution in [0.3, 0.4) is 0 Å². The van der Waals surface area contributed by atoms with Crippen molar-refractivity contribution in [3.05, 3.63) is 58.3 Å². The van der Waals surface area contributed by atoms with Gasteiger partial charge in [-0.1, -0.05) is 28.1 Å². The molecule has 2 aromatic carbocycles. The smallest absolute Gasteiger partial charge is 0.303 e. The van der Waals surface area contributed by atoms with E-state index in [1.165, 1.54) is 12.1 Å². The van der Waals surface area contributed by atoms with Crippen LogP contribution in [0.15, 0.2) is 46.9 Å². The van der Waals surface area contributed by atoms with Gasteiger partial charge in [0, 0.05) is 27.5 Å². The summed E-state index contributed by atoms with van der Waals surface area (Å²) in [6.45, 7) is 0. The number of nitrogens with one attached hydrogen (secondary N) is 1. The summed E-state index contributed by atoms with van der Waals surface area (Å²) in [6.07, 6.45) is 0.358. The molecule has 0 spiro atoms. The topological polar surface area (TPSA) is 53.1 Å². The molecule has 0 atom stereocenters. The third kappa shape index (κ3) is 2.90. The molecule has 0 fully saturated rings. The Hall–Kier alpha value is -2.14. The van der Waals surface area contributed by atoms with E-state index in [-0.39, 0.29) is 12.2 Å². The van der Waals surface area contributed by atoms with E-state index in [4.69, 9.17) is 5.11 Å². The standard InChI is InChI=1S/C17H13BrFNO2/c18-11-3-1-10(2-4-11)17-13(6-8-16(21)22)14-9-12(19)5-7-15(14)20-17/h1-5,7,9,20H,6,8H2,(H,21,22). The maximum atomic E-state index is 13.5. The molecule has 1 heterocycles. The summed E-state index contributed by atoms with van der Waals surface area (Å²) in [4.78, 5) is 14.2. The van der Waals surface area contributed by atoms with Crippen molar-refractivity contribution in [2.75, 3.05) is 0 Å². The number of rotatable bonds is 4. The van der Waals surface area contributed by atoms with E-state index in [0.29, 0.717) is 6.42 Å². The van der Waals surface area contributed by atoms with Crippen LogP contribution in [0.1, 0.15) is 12.0 Å². The summed E-state index contributed by atoms with van der Waals surface area (Å²) in [6, 6.07) is 12.2. The van der Waals surface area contributed by atoms with E-state index in [2.05, 4.69) is 20.9 Å². The zero-order valence-corrected chi connectivity index (χ0v) is 13.2. The molecule has 0 radical (unpaired) electrons. The third-order valence-corrected chi connectivity index (χ3v) is 4.12. The number of halogens is 2. The van der Waals surface area contributed by atoms with Gasteiger partial charge in [0.15, 0.2) is 0 Å². The maximum absolute atomic E-state index is 13.5.